The summed E-state index contributed by atoms with van der Waals surface area (Å²) in [4.78, 5) is 7.28. The number of furan rings is 1. The van der Waals surface area contributed by atoms with Gasteiger partial charge in [-0.1, -0.05) is 13.3 Å². The van der Waals surface area contributed by atoms with E-state index in [-0.39, 0.29) is 0 Å². The summed E-state index contributed by atoms with van der Waals surface area (Å²) in [6.45, 7) is 10.8. The first-order valence-electron chi connectivity index (χ1n) is 9.50. The van der Waals surface area contributed by atoms with Gasteiger partial charge in [-0.05, 0) is 45.2 Å². The highest BCUT2D eigenvalue weighted by molar-refractivity contribution is 5.80. The first kappa shape index (κ1) is 18.8. The average molecular weight is 335 g/mol. The zero-order chi connectivity index (χ0) is 17.2. The molecule has 1 saturated heterocycles. The minimum atomic E-state index is 0.525. The van der Waals surface area contributed by atoms with E-state index in [1.165, 1.54) is 32.4 Å². The molecule has 2 heterocycles. The van der Waals surface area contributed by atoms with Crippen molar-refractivity contribution >= 4 is 5.96 Å². The smallest absolute Gasteiger partial charge is 0.191 e. The SMILES string of the molecule is CCCCN=C(NCCc1ccco1)NC1CCN(C(C)C)CC1. The summed E-state index contributed by atoms with van der Waals surface area (Å²) in [7, 11) is 0. The van der Waals surface area contributed by atoms with Gasteiger partial charge in [0.2, 0.25) is 0 Å². The lowest BCUT2D eigenvalue weighted by atomic mass is 10.0. The Morgan fingerprint density at radius 3 is 2.79 bits per heavy atom. The van der Waals surface area contributed by atoms with Crippen LogP contribution in [0, 0.1) is 0 Å². The number of aliphatic imine (C=N–C) groups is 1. The van der Waals surface area contributed by atoms with E-state index in [9.17, 15) is 0 Å². The van der Waals surface area contributed by atoms with Crippen LogP contribution in [0.5, 0.6) is 0 Å². The summed E-state index contributed by atoms with van der Waals surface area (Å²) in [6.07, 6.45) is 7.29. The van der Waals surface area contributed by atoms with Crippen LogP contribution in [0.1, 0.15) is 52.2 Å². The van der Waals surface area contributed by atoms with Crippen molar-refractivity contribution in [1.29, 1.82) is 0 Å². The summed E-state index contributed by atoms with van der Waals surface area (Å²) < 4.78 is 5.39. The maximum absolute atomic E-state index is 5.39. The Bertz CT molecular complexity index is 462. The summed E-state index contributed by atoms with van der Waals surface area (Å²) in [5, 5.41) is 7.10. The molecule has 0 atom stereocenters. The van der Waals surface area contributed by atoms with Gasteiger partial charge in [-0.25, -0.2) is 0 Å². The van der Waals surface area contributed by atoms with Crippen LogP contribution in [-0.2, 0) is 6.42 Å². The molecule has 1 aromatic heterocycles. The van der Waals surface area contributed by atoms with Crippen LogP contribution in [0.2, 0.25) is 0 Å². The molecule has 1 aliphatic heterocycles. The molecule has 0 radical (unpaired) electrons. The number of nitrogens with one attached hydrogen (secondary N) is 2. The van der Waals surface area contributed by atoms with Gasteiger partial charge in [-0.2, -0.15) is 0 Å². The fourth-order valence-electron chi connectivity index (χ4n) is 3.01. The standard InChI is InChI=1S/C19H34N4O/c1-4-5-11-20-19(21-12-8-18-7-6-15-24-18)22-17-9-13-23(14-10-17)16(2)3/h6-7,15-17H,4-5,8-14H2,1-3H3,(H2,20,21,22). The van der Waals surface area contributed by atoms with Gasteiger partial charge in [0.05, 0.1) is 6.26 Å². The van der Waals surface area contributed by atoms with Gasteiger partial charge >= 0.3 is 0 Å². The molecule has 136 valence electrons. The molecule has 0 amide bonds. The lowest BCUT2D eigenvalue weighted by Gasteiger charge is -2.35. The third-order valence-corrected chi connectivity index (χ3v) is 4.63. The Labute approximate surface area is 146 Å². The van der Waals surface area contributed by atoms with Crippen LogP contribution in [0.25, 0.3) is 0 Å². The van der Waals surface area contributed by atoms with E-state index in [2.05, 4.69) is 36.3 Å². The van der Waals surface area contributed by atoms with Crippen LogP contribution in [-0.4, -0.2) is 49.1 Å². The van der Waals surface area contributed by atoms with Crippen LogP contribution in [0.3, 0.4) is 0 Å². The molecule has 0 saturated carbocycles. The van der Waals surface area contributed by atoms with Crippen LogP contribution in [0.15, 0.2) is 27.8 Å². The maximum Gasteiger partial charge on any atom is 0.191 e. The second-order valence-electron chi connectivity index (χ2n) is 6.89. The van der Waals surface area contributed by atoms with Gasteiger partial charge < -0.3 is 20.0 Å². The molecule has 1 aromatic rings. The number of guanidine groups is 1. The van der Waals surface area contributed by atoms with Crippen molar-refractivity contribution in [2.75, 3.05) is 26.2 Å². The molecule has 0 aromatic carbocycles. The number of nitrogens with zero attached hydrogens (tertiary/aromatic N) is 2. The molecule has 5 nitrogen and oxygen atoms in total. The molecular weight excluding hydrogens is 300 g/mol. The molecule has 0 aliphatic carbocycles. The topological polar surface area (TPSA) is 52.8 Å². The zero-order valence-corrected chi connectivity index (χ0v) is 15.6. The number of likely N-dealkylation sites (tertiary alicyclic amines) is 1. The largest absolute Gasteiger partial charge is 0.469 e. The summed E-state index contributed by atoms with van der Waals surface area (Å²) >= 11 is 0. The molecule has 5 heteroatoms. The van der Waals surface area contributed by atoms with Crippen molar-refractivity contribution in [3.63, 3.8) is 0 Å². The second-order valence-corrected chi connectivity index (χ2v) is 6.89. The number of piperidine rings is 1. The van der Waals surface area contributed by atoms with E-state index in [1.807, 2.05) is 12.1 Å². The van der Waals surface area contributed by atoms with Crippen molar-refractivity contribution in [1.82, 2.24) is 15.5 Å². The van der Waals surface area contributed by atoms with E-state index in [0.717, 1.165) is 37.7 Å². The molecule has 24 heavy (non-hydrogen) atoms. The highest BCUT2D eigenvalue weighted by Gasteiger charge is 2.21. The average Bonchev–Trinajstić information content (AvgIpc) is 3.09. The quantitative estimate of drug-likeness (QED) is 0.436. The predicted molar refractivity (Wildman–Crippen MR) is 100 cm³/mol. The molecule has 2 N–H and O–H groups in total. The van der Waals surface area contributed by atoms with Crippen LogP contribution < -0.4 is 10.6 Å². The van der Waals surface area contributed by atoms with Crippen molar-refractivity contribution in [2.24, 2.45) is 4.99 Å². The highest BCUT2D eigenvalue weighted by Crippen LogP contribution is 2.12. The summed E-state index contributed by atoms with van der Waals surface area (Å²) in [5.41, 5.74) is 0. The van der Waals surface area contributed by atoms with Gasteiger partial charge in [0.25, 0.3) is 0 Å². The number of unbranched alkanes of at least 4 members (excludes halogenated alkanes) is 1. The molecular formula is C19H34N4O. The first-order chi connectivity index (χ1) is 11.7. The van der Waals surface area contributed by atoms with E-state index in [0.29, 0.717) is 12.1 Å². The number of rotatable bonds is 8. The van der Waals surface area contributed by atoms with Crippen molar-refractivity contribution in [2.45, 2.75) is 65.0 Å². The van der Waals surface area contributed by atoms with E-state index < -0.39 is 0 Å². The van der Waals surface area contributed by atoms with Crippen molar-refractivity contribution in [3.8, 4) is 0 Å². The summed E-state index contributed by atoms with van der Waals surface area (Å²) in [6, 6.07) is 5.13. The fraction of sp³-hybridized carbons (Fsp3) is 0.737. The molecule has 1 aliphatic rings. The number of hydrogen-bond donors (Lipinski definition) is 2. The van der Waals surface area contributed by atoms with Crippen LogP contribution in [0.4, 0.5) is 0 Å². The molecule has 0 spiro atoms. The first-order valence-corrected chi connectivity index (χ1v) is 9.50. The monoisotopic (exact) mass is 334 g/mol. The van der Waals surface area contributed by atoms with Crippen LogP contribution >= 0.6 is 0 Å². The third-order valence-electron chi connectivity index (χ3n) is 4.63. The lowest BCUT2D eigenvalue weighted by Crippen LogP contribution is -2.50. The van der Waals surface area contributed by atoms with Gasteiger partial charge in [-0.15, -0.1) is 0 Å². The Kier molecular flexibility index (Phi) is 8.16. The molecule has 0 bridgehead atoms. The highest BCUT2D eigenvalue weighted by atomic mass is 16.3. The summed E-state index contributed by atoms with van der Waals surface area (Å²) in [5.74, 6) is 1.97. The normalized spacial score (nSPS) is 17.4. The Hall–Kier alpha value is -1.49. The van der Waals surface area contributed by atoms with Gasteiger partial charge in [-0.3, -0.25) is 4.99 Å². The van der Waals surface area contributed by atoms with E-state index in [4.69, 9.17) is 9.41 Å². The number of hydrogen-bond acceptors (Lipinski definition) is 3. The maximum atomic E-state index is 5.39. The Morgan fingerprint density at radius 1 is 1.38 bits per heavy atom. The fourth-order valence-corrected chi connectivity index (χ4v) is 3.01. The Balaban J connectivity index is 1.78. The minimum Gasteiger partial charge on any atom is -0.469 e. The predicted octanol–water partition coefficient (Wildman–Crippen LogP) is 3.03. The van der Waals surface area contributed by atoms with Gasteiger partial charge in [0.1, 0.15) is 5.76 Å². The molecule has 1 fully saturated rings. The lowest BCUT2D eigenvalue weighted by molar-refractivity contribution is 0.167. The second kappa shape index (κ2) is 10.4. The van der Waals surface area contributed by atoms with Gasteiger partial charge in [0, 0.05) is 44.7 Å². The van der Waals surface area contributed by atoms with E-state index in [1.54, 1.807) is 6.26 Å². The third kappa shape index (κ3) is 6.56. The molecule has 0 unspecified atom stereocenters. The zero-order valence-electron chi connectivity index (χ0n) is 15.6. The van der Waals surface area contributed by atoms with E-state index >= 15 is 0 Å². The Morgan fingerprint density at radius 2 is 2.17 bits per heavy atom. The minimum absolute atomic E-state index is 0.525. The van der Waals surface area contributed by atoms with Crippen molar-refractivity contribution in [3.05, 3.63) is 24.2 Å². The molecule has 2 rings (SSSR count). The van der Waals surface area contributed by atoms with Crippen molar-refractivity contribution < 1.29 is 4.42 Å². The van der Waals surface area contributed by atoms with Gasteiger partial charge in [0.15, 0.2) is 5.96 Å².